The van der Waals surface area contributed by atoms with Gasteiger partial charge >= 0.3 is 0 Å². The quantitative estimate of drug-likeness (QED) is 0.793. The van der Waals surface area contributed by atoms with Crippen molar-refractivity contribution in [3.63, 3.8) is 0 Å². The lowest BCUT2D eigenvalue weighted by Crippen LogP contribution is -2.24. The molecule has 0 unspecified atom stereocenters. The Hall–Kier alpha value is -2.73. The highest BCUT2D eigenvalue weighted by molar-refractivity contribution is 6.32. The van der Waals surface area contributed by atoms with Crippen molar-refractivity contribution >= 4 is 34.4 Å². The lowest BCUT2D eigenvalue weighted by Gasteiger charge is -2.14. The van der Waals surface area contributed by atoms with E-state index in [1.54, 1.807) is 24.4 Å². The van der Waals surface area contributed by atoms with E-state index in [0.29, 0.717) is 17.0 Å². The molecule has 1 amide bonds. The summed E-state index contributed by atoms with van der Waals surface area (Å²) in [5.74, 6) is -0.389. The third-order valence-corrected chi connectivity index (χ3v) is 4.21. The molecule has 3 aromatic rings. The zero-order chi connectivity index (χ0) is 17.3. The summed E-state index contributed by atoms with van der Waals surface area (Å²) in [5, 5.41) is 3.58. The van der Waals surface area contributed by atoms with Gasteiger partial charge in [0.05, 0.1) is 5.52 Å². The number of anilines is 1. The van der Waals surface area contributed by atoms with Crippen LogP contribution in [0.4, 0.5) is 5.95 Å². The third kappa shape index (κ3) is 2.76. The average Bonchev–Trinajstić information content (AvgIpc) is 2.59. The van der Waals surface area contributed by atoms with Crippen molar-refractivity contribution in [1.29, 1.82) is 0 Å². The number of nitrogens with one attached hydrogen (secondary N) is 1. The number of fused-ring (bicyclic) bond motifs is 1. The number of rotatable bonds is 3. The fourth-order valence-electron chi connectivity index (χ4n) is 2.60. The van der Waals surface area contributed by atoms with Crippen molar-refractivity contribution < 1.29 is 4.79 Å². The molecular formula is C17H15ClN4O2. The number of carbonyl (C=O) groups excluding carboxylic acids is 1. The number of aryl methyl sites for hydroxylation is 2. The van der Waals surface area contributed by atoms with Gasteiger partial charge < -0.3 is 4.57 Å². The van der Waals surface area contributed by atoms with Crippen LogP contribution >= 0.6 is 11.6 Å². The smallest absolute Gasteiger partial charge is 0.263 e. The van der Waals surface area contributed by atoms with E-state index in [-0.39, 0.29) is 16.9 Å². The van der Waals surface area contributed by atoms with Crippen molar-refractivity contribution in [2.45, 2.75) is 20.4 Å². The Morgan fingerprint density at radius 3 is 2.67 bits per heavy atom. The van der Waals surface area contributed by atoms with Crippen LogP contribution in [0.25, 0.3) is 10.9 Å². The minimum atomic E-state index is -0.539. The minimum absolute atomic E-state index is 0.0403. The molecule has 0 saturated carbocycles. The molecule has 7 heteroatoms. The number of halogens is 1. The molecule has 1 aromatic carbocycles. The molecule has 0 aliphatic rings. The van der Waals surface area contributed by atoms with Gasteiger partial charge in [0.2, 0.25) is 11.4 Å². The first-order valence-corrected chi connectivity index (χ1v) is 7.81. The van der Waals surface area contributed by atoms with Gasteiger partial charge in [-0.1, -0.05) is 11.6 Å². The molecule has 0 fully saturated rings. The Morgan fingerprint density at radius 1 is 1.29 bits per heavy atom. The van der Waals surface area contributed by atoms with Crippen molar-refractivity contribution in [3.05, 3.63) is 63.2 Å². The maximum atomic E-state index is 12.7. The number of hydrogen-bond acceptors (Lipinski definition) is 4. The molecule has 6 nitrogen and oxygen atoms in total. The van der Waals surface area contributed by atoms with Gasteiger partial charge in [0.1, 0.15) is 5.56 Å². The molecule has 0 radical (unpaired) electrons. The predicted molar refractivity (Wildman–Crippen MR) is 93.6 cm³/mol. The third-order valence-electron chi connectivity index (χ3n) is 3.80. The van der Waals surface area contributed by atoms with E-state index in [1.165, 1.54) is 12.4 Å². The number of amides is 1. The summed E-state index contributed by atoms with van der Waals surface area (Å²) in [4.78, 5) is 33.1. The zero-order valence-electron chi connectivity index (χ0n) is 13.2. The Balaban J connectivity index is 2.16. The van der Waals surface area contributed by atoms with Gasteiger partial charge in [-0.25, -0.2) is 9.97 Å². The van der Waals surface area contributed by atoms with E-state index < -0.39 is 5.91 Å². The fraction of sp³-hybridized carbons (Fsp3) is 0.176. The molecule has 0 spiro atoms. The van der Waals surface area contributed by atoms with Crippen LogP contribution in [-0.2, 0) is 6.54 Å². The molecule has 0 saturated heterocycles. The van der Waals surface area contributed by atoms with Crippen LogP contribution in [0.1, 0.15) is 22.8 Å². The normalized spacial score (nSPS) is 10.8. The monoisotopic (exact) mass is 342 g/mol. The number of benzene rings is 1. The van der Waals surface area contributed by atoms with Crippen LogP contribution in [0, 0.1) is 6.92 Å². The number of aromatic nitrogens is 3. The van der Waals surface area contributed by atoms with Crippen molar-refractivity contribution in [1.82, 2.24) is 14.5 Å². The van der Waals surface area contributed by atoms with Crippen LogP contribution in [0.2, 0.25) is 5.02 Å². The summed E-state index contributed by atoms with van der Waals surface area (Å²) in [7, 11) is 0. The van der Waals surface area contributed by atoms with E-state index in [2.05, 4.69) is 15.3 Å². The van der Waals surface area contributed by atoms with Crippen LogP contribution < -0.4 is 10.7 Å². The second-order valence-corrected chi connectivity index (χ2v) is 5.66. The van der Waals surface area contributed by atoms with Crippen molar-refractivity contribution in [2.75, 3.05) is 5.32 Å². The van der Waals surface area contributed by atoms with Gasteiger partial charge in [-0.2, -0.15) is 0 Å². The minimum Gasteiger partial charge on any atom is -0.346 e. The second-order valence-electron chi connectivity index (χ2n) is 5.25. The molecule has 0 aliphatic heterocycles. The van der Waals surface area contributed by atoms with Gasteiger partial charge in [0.25, 0.3) is 5.91 Å². The Labute approximate surface area is 143 Å². The lowest BCUT2D eigenvalue weighted by atomic mass is 10.1. The molecule has 0 aliphatic carbocycles. The van der Waals surface area contributed by atoms with Crippen molar-refractivity contribution in [3.8, 4) is 0 Å². The Morgan fingerprint density at radius 2 is 2.00 bits per heavy atom. The van der Waals surface area contributed by atoms with Crippen LogP contribution in [0.15, 0.2) is 41.6 Å². The average molecular weight is 343 g/mol. The first kappa shape index (κ1) is 16.1. The zero-order valence-corrected chi connectivity index (χ0v) is 14.0. The molecule has 2 aromatic heterocycles. The number of pyridine rings is 1. The molecule has 0 atom stereocenters. The molecule has 1 N–H and O–H groups in total. The molecule has 3 rings (SSSR count). The van der Waals surface area contributed by atoms with Crippen LogP contribution in [0.3, 0.4) is 0 Å². The standard InChI is InChI=1S/C17H15ClN4O2/c1-3-22-9-12(16(24)21-17-19-7-4-8-20-17)15(23)11-5-6-13(18)10(2)14(11)22/h4-9H,3H2,1-2H3,(H,19,20,21,24). The molecular weight excluding hydrogens is 328 g/mol. The largest absolute Gasteiger partial charge is 0.346 e. The van der Waals surface area contributed by atoms with Gasteiger partial charge in [-0.05, 0) is 37.6 Å². The summed E-state index contributed by atoms with van der Waals surface area (Å²) in [6.45, 7) is 4.39. The topological polar surface area (TPSA) is 76.9 Å². The van der Waals surface area contributed by atoms with Crippen molar-refractivity contribution in [2.24, 2.45) is 0 Å². The second kappa shape index (κ2) is 6.41. The summed E-state index contributed by atoms with van der Waals surface area (Å²) in [5.41, 5.74) is 1.25. The maximum absolute atomic E-state index is 12.7. The molecule has 122 valence electrons. The van der Waals surface area contributed by atoms with Crippen LogP contribution in [-0.4, -0.2) is 20.4 Å². The summed E-state index contributed by atoms with van der Waals surface area (Å²) in [6, 6.07) is 4.96. The predicted octanol–water partition coefficient (Wildman–Crippen LogP) is 3.03. The first-order chi connectivity index (χ1) is 11.5. The summed E-state index contributed by atoms with van der Waals surface area (Å²) < 4.78 is 1.85. The van der Waals surface area contributed by atoms with Crippen LogP contribution in [0.5, 0.6) is 0 Å². The van der Waals surface area contributed by atoms with E-state index in [4.69, 9.17) is 11.6 Å². The number of nitrogens with zero attached hydrogens (tertiary/aromatic N) is 3. The highest BCUT2D eigenvalue weighted by Gasteiger charge is 2.17. The highest BCUT2D eigenvalue weighted by Crippen LogP contribution is 2.24. The van der Waals surface area contributed by atoms with E-state index >= 15 is 0 Å². The highest BCUT2D eigenvalue weighted by atomic mass is 35.5. The number of hydrogen-bond donors (Lipinski definition) is 1. The summed E-state index contributed by atoms with van der Waals surface area (Å²) >= 11 is 6.17. The lowest BCUT2D eigenvalue weighted by molar-refractivity contribution is 0.102. The molecule has 0 bridgehead atoms. The summed E-state index contributed by atoms with van der Waals surface area (Å²) in [6.07, 6.45) is 4.57. The maximum Gasteiger partial charge on any atom is 0.263 e. The first-order valence-electron chi connectivity index (χ1n) is 7.43. The molecule has 2 heterocycles. The SMILES string of the molecule is CCn1cc(C(=O)Nc2ncccn2)c(=O)c2ccc(Cl)c(C)c21. The molecule has 24 heavy (non-hydrogen) atoms. The van der Waals surface area contributed by atoms with E-state index in [0.717, 1.165) is 11.1 Å². The number of carbonyl (C=O) groups is 1. The fourth-order valence-corrected chi connectivity index (χ4v) is 2.75. The van der Waals surface area contributed by atoms with E-state index in [1.807, 2.05) is 18.4 Å². The van der Waals surface area contributed by atoms with Gasteiger partial charge in [0, 0.05) is 35.5 Å². The Bertz CT molecular complexity index is 983. The Kier molecular flexibility index (Phi) is 4.31. The van der Waals surface area contributed by atoms with E-state index in [9.17, 15) is 9.59 Å². The van der Waals surface area contributed by atoms with Gasteiger partial charge in [-0.3, -0.25) is 14.9 Å². The van der Waals surface area contributed by atoms with Gasteiger partial charge in [0.15, 0.2) is 0 Å². The van der Waals surface area contributed by atoms with Gasteiger partial charge in [-0.15, -0.1) is 0 Å².